The number of esters is 2. The Morgan fingerprint density at radius 3 is 2.12 bits per heavy atom. The minimum atomic E-state index is -0.776. The van der Waals surface area contributed by atoms with E-state index < -0.39 is 11.8 Å². The molecule has 0 atom stereocenters. The van der Waals surface area contributed by atoms with E-state index in [1.165, 1.54) is 38.3 Å². The lowest BCUT2D eigenvalue weighted by atomic mass is 10.3. The molecule has 0 saturated heterocycles. The fourth-order valence-electron chi connectivity index (χ4n) is 0.648. The average molecular weight is 241 g/mol. The Morgan fingerprint density at radius 2 is 1.76 bits per heavy atom. The summed E-state index contributed by atoms with van der Waals surface area (Å²) in [7, 11) is 1.35. The molecule has 0 amide bonds. The molecule has 0 aliphatic rings. The van der Waals surface area contributed by atoms with Crippen LogP contribution in [0.25, 0.3) is 0 Å². The molecule has 1 N–H and O–H groups in total. The van der Waals surface area contributed by atoms with Crippen molar-refractivity contribution < 1.29 is 23.5 Å². The lowest BCUT2D eigenvalue weighted by molar-refractivity contribution is -0.138. The maximum atomic E-state index is 12.3. The molecule has 1 aromatic carbocycles. The van der Waals surface area contributed by atoms with Crippen molar-refractivity contribution in [2.45, 2.75) is 6.92 Å². The van der Waals surface area contributed by atoms with Crippen LogP contribution < -0.4 is 4.74 Å². The molecule has 1 aromatic rings. The number of halogens is 1. The molecule has 0 aliphatic carbocycles. The average Bonchev–Trinajstić information content (AvgIpc) is 2.32. The fraction of sp³-hybridized carbons (Fsp3) is 0.182. The Hall–Kier alpha value is -2.24. The highest BCUT2D eigenvalue weighted by molar-refractivity contribution is 6.22. The second kappa shape index (κ2) is 7.98. The highest BCUT2D eigenvalue weighted by Gasteiger charge is 1.99. The first kappa shape index (κ1) is 14.8. The van der Waals surface area contributed by atoms with Crippen molar-refractivity contribution in [3.05, 3.63) is 30.1 Å². The van der Waals surface area contributed by atoms with Gasteiger partial charge in [-0.15, -0.1) is 0 Å². The van der Waals surface area contributed by atoms with Crippen LogP contribution in [0.4, 0.5) is 4.39 Å². The van der Waals surface area contributed by atoms with Gasteiger partial charge in [-0.1, -0.05) is 0 Å². The number of hydrogen-bond donors (Lipinski definition) is 1. The van der Waals surface area contributed by atoms with Crippen molar-refractivity contribution in [1.82, 2.24) is 0 Å². The largest absolute Gasteiger partial charge is 0.469 e. The van der Waals surface area contributed by atoms with E-state index in [4.69, 9.17) is 5.41 Å². The molecule has 1 rings (SSSR count). The Bertz CT molecular complexity index is 389. The maximum absolute atomic E-state index is 12.3. The summed E-state index contributed by atoms with van der Waals surface area (Å²) in [5.74, 6) is -1.19. The van der Waals surface area contributed by atoms with E-state index in [2.05, 4.69) is 9.47 Å². The summed E-state index contributed by atoms with van der Waals surface area (Å²) in [5, 5.41) is 6.53. The standard InChI is InChI=1S/C8H6FNO2.C3H6O2/c9-6-1-3-7(4-2-6)12-8(11)5-10;1-3(4)5-2/h1-5,10H;1-2H3. The highest BCUT2D eigenvalue weighted by Crippen LogP contribution is 2.10. The second-order valence-electron chi connectivity index (χ2n) is 2.72. The monoisotopic (exact) mass is 241 g/mol. The van der Waals surface area contributed by atoms with Gasteiger partial charge in [0.15, 0.2) is 0 Å². The molecule has 0 aromatic heterocycles. The van der Waals surface area contributed by atoms with Crippen LogP contribution in [0.2, 0.25) is 0 Å². The van der Waals surface area contributed by atoms with Crippen LogP contribution in [0.1, 0.15) is 6.92 Å². The van der Waals surface area contributed by atoms with Crippen LogP contribution in [-0.2, 0) is 14.3 Å². The van der Waals surface area contributed by atoms with Crippen molar-refractivity contribution in [3.8, 4) is 5.75 Å². The normalized spacial score (nSPS) is 8.41. The van der Waals surface area contributed by atoms with Gasteiger partial charge in [0.2, 0.25) is 0 Å². The van der Waals surface area contributed by atoms with Gasteiger partial charge in [0.05, 0.1) is 7.11 Å². The zero-order valence-corrected chi connectivity index (χ0v) is 9.40. The third-order valence-electron chi connectivity index (χ3n) is 1.44. The fourth-order valence-corrected chi connectivity index (χ4v) is 0.648. The molecule has 17 heavy (non-hydrogen) atoms. The van der Waals surface area contributed by atoms with E-state index in [1.54, 1.807) is 0 Å². The predicted molar refractivity (Wildman–Crippen MR) is 58.5 cm³/mol. The SMILES string of the molecule is COC(C)=O.N=CC(=O)Oc1ccc(F)cc1. The number of nitrogens with one attached hydrogen (secondary N) is 1. The first-order valence-electron chi connectivity index (χ1n) is 4.52. The van der Waals surface area contributed by atoms with Gasteiger partial charge in [0.25, 0.3) is 0 Å². The van der Waals surface area contributed by atoms with Gasteiger partial charge in [0.1, 0.15) is 17.8 Å². The Morgan fingerprint density at radius 1 is 1.29 bits per heavy atom. The molecule has 0 fully saturated rings. The lowest BCUT2D eigenvalue weighted by Gasteiger charge is -1.98. The van der Waals surface area contributed by atoms with Gasteiger partial charge in [-0.3, -0.25) is 4.79 Å². The van der Waals surface area contributed by atoms with Crippen LogP contribution >= 0.6 is 0 Å². The summed E-state index contributed by atoms with van der Waals surface area (Å²) in [6.07, 6.45) is 0.545. The first-order valence-corrected chi connectivity index (χ1v) is 4.52. The van der Waals surface area contributed by atoms with Crippen molar-refractivity contribution in [2.75, 3.05) is 7.11 Å². The zero-order chi connectivity index (χ0) is 13.3. The van der Waals surface area contributed by atoms with Crippen molar-refractivity contribution in [3.63, 3.8) is 0 Å². The molecular weight excluding hydrogens is 229 g/mol. The summed E-state index contributed by atoms with van der Waals surface area (Å²) in [4.78, 5) is 20.1. The molecule has 0 spiro atoms. The van der Waals surface area contributed by atoms with Gasteiger partial charge in [-0.25, -0.2) is 9.18 Å². The smallest absolute Gasteiger partial charge is 0.354 e. The molecule has 0 bridgehead atoms. The molecule has 92 valence electrons. The van der Waals surface area contributed by atoms with E-state index in [-0.39, 0.29) is 11.7 Å². The quantitative estimate of drug-likeness (QED) is 0.484. The lowest BCUT2D eigenvalue weighted by Crippen LogP contribution is -2.07. The summed E-state index contributed by atoms with van der Waals surface area (Å²) in [5.41, 5.74) is 0. The molecule has 5 nitrogen and oxygen atoms in total. The Labute approximate surface area is 97.7 Å². The topological polar surface area (TPSA) is 76.5 Å². The van der Waals surface area contributed by atoms with Crippen molar-refractivity contribution in [1.29, 1.82) is 5.41 Å². The first-order chi connectivity index (χ1) is 7.99. The van der Waals surface area contributed by atoms with Crippen LogP contribution in [0, 0.1) is 11.2 Å². The minimum Gasteiger partial charge on any atom is -0.469 e. The third-order valence-corrected chi connectivity index (χ3v) is 1.44. The molecule has 0 aliphatic heterocycles. The molecule has 0 unspecified atom stereocenters. The highest BCUT2D eigenvalue weighted by atomic mass is 19.1. The van der Waals surface area contributed by atoms with Gasteiger partial charge in [-0.05, 0) is 24.3 Å². The Balaban J connectivity index is 0.000000437. The molecular formula is C11H12FNO4. The molecule has 0 heterocycles. The zero-order valence-electron chi connectivity index (χ0n) is 9.40. The van der Waals surface area contributed by atoms with Crippen molar-refractivity contribution in [2.24, 2.45) is 0 Å². The van der Waals surface area contributed by atoms with Gasteiger partial charge in [-0.2, -0.15) is 0 Å². The molecule has 0 radical (unpaired) electrons. The van der Waals surface area contributed by atoms with Crippen LogP contribution in [-0.4, -0.2) is 25.3 Å². The number of hydrogen-bond acceptors (Lipinski definition) is 5. The number of carbonyl (C=O) groups is 2. The summed E-state index contributed by atoms with van der Waals surface area (Å²) in [6.45, 7) is 1.36. The summed E-state index contributed by atoms with van der Waals surface area (Å²) >= 11 is 0. The van der Waals surface area contributed by atoms with E-state index in [1.807, 2.05) is 0 Å². The van der Waals surface area contributed by atoms with Crippen LogP contribution in [0.3, 0.4) is 0 Å². The number of rotatable bonds is 2. The number of methoxy groups -OCH3 is 1. The summed E-state index contributed by atoms with van der Waals surface area (Å²) < 4.78 is 21.0. The van der Waals surface area contributed by atoms with Gasteiger partial charge >= 0.3 is 11.9 Å². The van der Waals surface area contributed by atoms with Gasteiger partial charge < -0.3 is 14.9 Å². The summed E-state index contributed by atoms with van der Waals surface area (Å²) in [6, 6.07) is 4.98. The van der Waals surface area contributed by atoms with E-state index in [0.717, 1.165) is 0 Å². The minimum absolute atomic E-state index is 0.227. The van der Waals surface area contributed by atoms with Gasteiger partial charge in [0, 0.05) is 6.92 Å². The maximum Gasteiger partial charge on any atom is 0.354 e. The van der Waals surface area contributed by atoms with E-state index >= 15 is 0 Å². The number of benzene rings is 1. The third kappa shape index (κ3) is 7.66. The Kier molecular flexibility index (Phi) is 6.92. The number of carbonyl (C=O) groups excluding carboxylic acids is 2. The van der Waals surface area contributed by atoms with Crippen LogP contribution in [0.5, 0.6) is 5.75 Å². The van der Waals surface area contributed by atoms with Crippen LogP contribution in [0.15, 0.2) is 24.3 Å². The van der Waals surface area contributed by atoms with Crippen molar-refractivity contribution >= 4 is 18.2 Å². The van der Waals surface area contributed by atoms with E-state index in [0.29, 0.717) is 6.21 Å². The predicted octanol–water partition coefficient (Wildman–Crippen LogP) is 1.56. The molecule has 6 heteroatoms. The second-order valence-corrected chi connectivity index (χ2v) is 2.72. The molecule has 0 saturated carbocycles. The van der Waals surface area contributed by atoms with E-state index in [9.17, 15) is 14.0 Å². The number of ether oxygens (including phenoxy) is 2.